The number of anilines is 1. The average Bonchev–Trinajstić information content (AvgIpc) is 2.83. The van der Waals surface area contributed by atoms with Crippen molar-refractivity contribution in [2.24, 2.45) is 5.92 Å². The number of esters is 1. The highest BCUT2D eigenvalue weighted by Gasteiger charge is 2.33. The van der Waals surface area contributed by atoms with Crippen LogP contribution in [0.15, 0.2) is 47.4 Å². The van der Waals surface area contributed by atoms with E-state index in [1.54, 1.807) is 30.3 Å². The SMILES string of the molecule is O=C(COC(=O)C1CCN(S(=O)(=O)c2ccc3c(c2)CCCC3)CC1)Nc1ccc(Cl)cc1. The first-order chi connectivity index (χ1) is 15.8. The van der Waals surface area contributed by atoms with Crippen molar-refractivity contribution >= 4 is 39.2 Å². The second-order valence-electron chi connectivity index (χ2n) is 8.48. The molecule has 0 atom stereocenters. The van der Waals surface area contributed by atoms with Gasteiger partial charge in [-0.2, -0.15) is 4.31 Å². The van der Waals surface area contributed by atoms with E-state index in [4.69, 9.17) is 16.3 Å². The van der Waals surface area contributed by atoms with E-state index in [9.17, 15) is 18.0 Å². The van der Waals surface area contributed by atoms with Crippen LogP contribution >= 0.6 is 11.6 Å². The predicted octanol–water partition coefficient (Wildman–Crippen LogP) is 3.80. The third-order valence-electron chi connectivity index (χ3n) is 6.22. The monoisotopic (exact) mass is 490 g/mol. The molecule has 7 nitrogen and oxygen atoms in total. The number of nitrogens with zero attached hydrogens (tertiary/aromatic N) is 1. The molecule has 0 bridgehead atoms. The van der Waals surface area contributed by atoms with Crippen molar-refractivity contribution in [1.29, 1.82) is 0 Å². The van der Waals surface area contributed by atoms with E-state index in [0.717, 1.165) is 31.2 Å². The summed E-state index contributed by atoms with van der Waals surface area (Å²) in [6.07, 6.45) is 4.87. The standard InChI is InChI=1S/C24H27ClN2O5S/c25-20-6-8-21(9-7-20)26-23(28)16-32-24(29)18-11-13-27(14-12-18)33(30,31)22-10-5-17-3-1-2-4-19(17)15-22/h5-10,15,18H,1-4,11-14,16H2,(H,26,28). The van der Waals surface area contributed by atoms with Gasteiger partial charge in [0.2, 0.25) is 10.0 Å². The molecule has 1 N–H and O–H groups in total. The summed E-state index contributed by atoms with van der Waals surface area (Å²) in [5, 5.41) is 3.19. The minimum Gasteiger partial charge on any atom is -0.455 e. The van der Waals surface area contributed by atoms with Crippen LogP contribution in [0.2, 0.25) is 5.02 Å². The van der Waals surface area contributed by atoms with Gasteiger partial charge in [0.1, 0.15) is 0 Å². The van der Waals surface area contributed by atoms with Crippen LogP contribution in [0.25, 0.3) is 0 Å². The maximum atomic E-state index is 13.1. The van der Waals surface area contributed by atoms with Gasteiger partial charge in [-0.25, -0.2) is 8.42 Å². The first kappa shape index (κ1) is 23.7. The Bertz CT molecular complexity index is 1130. The minimum atomic E-state index is -3.60. The number of benzene rings is 2. The van der Waals surface area contributed by atoms with Gasteiger partial charge in [-0.1, -0.05) is 17.7 Å². The Kier molecular flexibility index (Phi) is 7.36. The Labute approximate surface area is 199 Å². The zero-order chi connectivity index (χ0) is 23.4. The van der Waals surface area contributed by atoms with Crippen molar-refractivity contribution in [3.63, 3.8) is 0 Å². The number of ether oxygens (including phenoxy) is 1. The molecule has 0 aromatic heterocycles. The molecular formula is C24H27ClN2O5S. The fraction of sp³-hybridized carbons (Fsp3) is 0.417. The van der Waals surface area contributed by atoms with E-state index in [1.165, 1.54) is 9.87 Å². The molecule has 2 aromatic rings. The highest BCUT2D eigenvalue weighted by molar-refractivity contribution is 7.89. The molecule has 2 aromatic carbocycles. The van der Waals surface area contributed by atoms with Crippen molar-refractivity contribution in [2.75, 3.05) is 25.0 Å². The fourth-order valence-electron chi connectivity index (χ4n) is 4.34. The molecule has 0 radical (unpaired) electrons. The highest BCUT2D eigenvalue weighted by atomic mass is 35.5. The average molecular weight is 491 g/mol. The van der Waals surface area contributed by atoms with Crippen LogP contribution in [0.4, 0.5) is 5.69 Å². The van der Waals surface area contributed by atoms with E-state index in [0.29, 0.717) is 28.4 Å². The number of hydrogen-bond acceptors (Lipinski definition) is 5. The van der Waals surface area contributed by atoms with Gasteiger partial charge in [0, 0.05) is 23.8 Å². The molecule has 1 amide bonds. The molecule has 1 aliphatic carbocycles. The van der Waals surface area contributed by atoms with Crippen molar-refractivity contribution in [1.82, 2.24) is 4.31 Å². The molecule has 1 aliphatic heterocycles. The largest absolute Gasteiger partial charge is 0.455 e. The van der Waals surface area contributed by atoms with Gasteiger partial charge in [0.25, 0.3) is 5.91 Å². The minimum absolute atomic E-state index is 0.246. The second kappa shape index (κ2) is 10.2. The number of halogens is 1. The van der Waals surface area contributed by atoms with Gasteiger partial charge in [0.15, 0.2) is 6.61 Å². The summed E-state index contributed by atoms with van der Waals surface area (Å²) in [7, 11) is -3.60. The lowest BCUT2D eigenvalue weighted by molar-refractivity contribution is -0.152. The number of amides is 1. The summed E-state index contributed by atoms with van der Waals surface area (Å²) in [6, 6.07) is 12.0. The van der Waals surface area contributed by atoms with E-state index >= 15 is 0 Å². The van der Waals surface area contributed by atoms with Crippen LogP contribution in [0.3, 0.4) is 0 Å². The molecule has 1 saturated heterocycles. The van der Waals surface area contributed by atoms with E-state index in [1.807, 2.05) is 12.1 Å². The maximum Gasteiger partial charge on any atom is 0.309 e. The predicted molar refractivity (Wildman–Crippen MR) is 126 cm³/mol. The van der Waals surface area contributed by atoms with Crippen molar-refractivity contribution < 1.29 is 22.7 Å². The second-order valence-corrected chi connectivity index (χ2v) is 10.9. The molecule has 1 fully saturated rings. The highest BCUT2D eigenvalue weighted by Crippen LogP contribution is 2.28. The molecule has 9 heteroatoms. The number of carbonyl (C=O) groups excluding carboxylic acids is 2. The Balaban J connectivity index is 1.27. The summed E-state index contributed by atoms with van der Waals surface area (Å²) in [5.74, 6) is -1.35. The Hall–Kier alpha value is -2.42. The van der Waals surface area contributed by atoms with E-state index in [-0.39, 0.29) is 13.1 Å². The summed E-state index contributed by atoms with van der Waals surface area (Å²) < 4.78 is 32.8. The van der Waals surface area contributed by atoms with E-state index < -0.39 is 34.4 Å². The summed E-state index contributed by atoms with van der Waals surface area (Å²) in [5.41, 5.74) is 2.92. The van der Waals surface area contributed by atoms with E-state index in [2.05, 4.69) is 5.32 Å². The Morgan fingerprint density at radius 3 is 2.36 bits per heavy atom. The van der Waals surface area contributed by atoms with Gasteiger partial charge < -0.3 is 10.1 Å². The molecule has 0 saturated carbocycles. The molecular weight excluding hydrogens is 464 g/mol. The van der Waals surface area contributed by atoms with Crippen LogP contribution in [0.5, 0.6) is 0 Å². The number of aryl methyl sites for hydroxylation is 2. The van der Waals surface area contributed by atoms with Crippen LogP contribution in [-0.2, 0) is 37.2 Å². The Morgan fingerprint density at radius 2 is 1.67 bits per heavy atom. The quantitative estimate of drug-likeness (QED) is 0.622. The van der Waals surface area contributed by atoms with Crippen LogP contribution in [-0.4, -0.2) is 44.3 Å². The number of hydrogen-bond donors (Lipinski definition) is 1. The molecule has 33 heavy (non-hydrogen) atoms. The first-order valence-corrected chi connectivity index (χ1v) is 13.0. The van der Waals surface area contributed by atoms with Gasteiger partial charge in [0.05, 0.1) is 10.8 Å². The smallest absolute Gasteiger partial charge is 0.309 e. The van der Waals surface area contributed by atoms with Crippen LogP contribution < -0.4 is 5.32 Å². The van der Waals surface area contributed by atoms with Crippen molar-refractivity contribution in [2.45, 2.75) is 43.4 Å². The number of rotatable bonds is 6. The zero-order valence-electron chi connectivity index (χ0n) is 18.3. The molecule has 4 rings (SSSR count). The lowest BCUT2D eigenvalue weighted by Gasteiger charge is -2.30. The number of sulfonamides is 1. The number of carbonyl (C=O) groups is 2. The molecule has 0 unspecified atom stereocenters. The molecule has 0 spiro atoms. The molecule has 1 heterocycles. The van der Waals surface area contributed by atoms with Crippen molar-refractivity contribution in [3.8, 4) is 0 Å². The topological polar surface area (TPSA) is 92.8 Å². The normalized spacial score (nSPS) is 17.2. The fourth-order valence-corrected chi connectivity index (χ4v) is 5.98. The molecule has 2 aliphatic rings. The maximum absolute atomic E-state index is 13.1. The summed E-state index contributed by atoms with van der Waals surface area (Å²) in [4.78, 5) is 24.7. The van der Waals surface area contributed by atoms with Gasteiger partial charge >= 0.3 is 5.97 Å². The third-order valence-corrected chi connectivity index (χ3v) is 8.37. The summed E-state index contributed by atoms with van der Waals surface area (Å²) >= 11 is 5.82. The van der Waals surface area contributed by atoms with Gasteiger partial charge in [-0.15, -0.1) is 0 Å². The van der Waals surface area contributed by atoms with Gasteiger partial charge in [-0.3, -0.25) is 9.59 Å². The van der Waals surface area contributed by atoms with Crippen LogP contribution in [0, 0.1) is 5.92 Å². The first-order valence-electron chi connectivity index (χ1n) is 11.2. The van der Waals surface area contributed by atoms with Crippen LogP contribution in [0.1, 0.15) is 36.8 Å². The summed E-state index contributed by atoms with van der Waals surface area (Å²) in [6.45, 7) is 0.0986. The zero-order valence-corrected chi connectivity index (χ0v) is 19.8. The number of fused-ring (bicyclic) bond motifs is 1. The Morgan fingerprint density at radius 1 is 1.00 bits per heavy atom. The lowest BCUT2D eigenvalue weighted by Crippen LogP contribution is -2.41. The lowest BCUT2D eigenvalue weighted by atomic mass is 9.92. The molecule has 176 valence electrons. The van der Waals surface area contributed by atoms with Crippen molar-refractivity contribution in [3.05, 3.63) is 58.6 Å². The number of piperidine rings is 1. The third kappa shape index (κ3) is 5.75. The van der Waals surface area contributed by atoms with Gasteiger partial charge in [-0.05, 0) is 86.1 Å². The number of nitrogens with one attached hydrogen (secondary N) is 1.